The summed E-state index contributed by atoms with van der Waals surface area (Å²) in [5.41, 5.74) is 2.72. The molecule has 1 unspecified atom stereocenters. The highest BCUT2D eigenvalue weighted by Gasteiger charge is 2.37. The smallest absolute Gasteiger partial charge is 0.336 e. The van der Waals surface area contributed by atoms with Crippen LogP contribution in [0.15, 0.2) is 65.9 Å². The van der Waals surface area contributed by atoms with Crippen molar-refractivity contribution >= 4 is 17.8 Å². The van der Waals surface area contributed by atoms with Crippen LogP contribution < -0.4 is 10.1 Å². The number of hydrogen-bond donors (Lipinski definition) is 1. The monoisotopic (exact) mass is 493 g/mol. The molecule has 3 rings (SSSR count). The van der Waals surface area contributed by atoms with Gasteiger partial charge in [-0.15, -0.1) is 0 Å². The van der Waals surface area contributed by atoms with Gasteiger partial charge < -0.3 is 24.6 Å². The molecular weight excluding hydrogens is 458 g/mol. The molecule has 36 heavy (non-hydrogen) atoms. The lowest BCUT2D eigenvalue weighted by Crippen LogP contribution is -2.45. The zero-order valence-corrected chi connectivity index (χ0v) is 21.5. The van der Waals surface area contributed by atoms with Crippen LogP contribution in [0.2, 0.25) is 0 Å². The van der Waals surface area contributed by atoms with Gasteiger partial charge in [0.1, 0.15) is 18.9 Å². The maximum absolute atomic E-state index is 13.1. The highest BCUT2D eigenvalue weighted by molar-refractivity contribution is 5.97. The highest BCUT2D eigenvalue weighted by atomic mass is 16.5. The largest absolute Gasteiger partial charge is 0.489 e. The van der Waals surface area contributed by atoms with Crippen molar-refractivity contribution in [2.45, 2.75) is 32.8 Å². The van der Waals surface area contributed by atoms with Gasteiger partial charge >= 0.3 is 5.97 Å². The number of esters is 1. The normalized spacial score (nSPS) is 15.8. The van der Waals surface area contributed by atoms with Crippen molar-refractivity contribution in [3.05, 3.63) is 77.0 Å². The first-order valence-corrected chi connectivity index (χ1v) is 12.2. The average Bonchev–Trinajstić information content (AvgIpc) is 2.86. The molecule has 0 saturated heterocycles. The molecule has 1 N–H and O–H groups in total. The fourth-order valence-electron chi connectivity index (χ4n) is 4.12. The van der Waals surface area contributed by atoms with Gasteiger partial charge in [0.05, 0.1) is 12.2 Å². The minimum atomic E-state index is -0.477. The number of benzene rings is 2. The zero-order valence-electron chi connectivity index (χ0n) is 21.5. The van der Waals surface area contributed by atoms with Crippen molar-refractivity contribution in [2.24, 2.45) is 0 Å². The Labute approximate surface area is 212 Å². The molecule has 0 spiro atoms. The van der Waals surface area contributed by atoms with Crippen molar-refractivity contribution < 1.29 is 23.9 Å². The Hall–Kier alpha value is -3.65. The van der Waals surface area contributed by atoms with E-state index in [1.807, 2.05) is 73.6 Å². The van der Waals surface area contributed by atoms with E-state index in [2.05, 4.69) is 5.32 Å². The van der Waals surface area contributed by atoms with Crippen LogP contribution in [0, 0.1) is 0 Å². The van der Waals surface area contributed by atoms with Crippen molar-refractivity contribution in [1.82, 2.24) is 15.1 Å². The Morgan fingerprint density at radius 2 is 1.78 bits per heavy atom. The van der Waals surface area contributed by atoms with Crippen molar-refractivity contribution in [3.63, 3.8) is 0 Å². The van der Waals surface area contributed by atoms with E-state index in [-0.39, 0.29) is 31.4 Å². The maximum atomic E-state index is 13.1. The summed E-state index contributed by atoms with van der Waals surface area (Å²) >= 11 is 0. The zero-order chi connectivity index (χ0) is 26.1. The topological polar surface area (TPSA) is 88.2 Å². The second kappa shape index (κ2) is 12.9. The molecule has 192 valence electrons. The van der Waals surface area contributed by atoms with Crippen LogP contribution in [0.3, 0.4) is 0 Å². The summed E-state index contributed by atoms with van der Waals surface area (Å²) in [5, 5.41) is 2.82. The van der Waals surface area contributed by atoms with Gasteiger partial charge in [-0.1, -0.05) is 42.5 Å². The second-order valence-corrected chi connectivity index (χ2v) is 8.95. The molecule has 1 aliphatic rings. The van der Waals surface area contributed by atoms with E-state index in [0.717, 1.165) is 11.1 Å². The number of amides is 2. The Morgan fingerprint density at radius 1 is 1.08 bits per heavy atom. The third-order valence-electron chi connectivity index (χ3n) is 6.03. The van der Waals surface area contributed by atoms with Gasteiger partial charge in [0, 0.05) is 31.1 Å². The number of carbonyl (C=O) groups excluding carboxylic acids is 3. The molecule has 2 aromatic carbocycles. The predicted octanol–water partition coefficient (Wildman–Crippen LogP) is 3.10. The SMILES string of the molecule is CCOC(=O)C1=C(C)N(CC(=O)NCCN(C)C)C(=O)CC1c1ccc(OCc2ccccc2)cc1. The number of hydrogen-bond acceptors (Lipinski definition) is 6. The van der Waals surface area contributed by atoms with E-state index >= 15 is 0 Å². The average molecular weight is 494 g/mol. The number of nitrogens with zero attached hydrogens (tertiary/aromatic N) is 2. The van der Waals surface area contributed by atoms with Gasteiger partial charge in [0.2, 0.25) is 11.8 Å². The molecular formula is C28H35N3O5. The predicted molar refractivity (Wildman–Crippen MR) is 137 cm³/mol. The molecule has 1 aliphatic heterocycles. The van der Waals surface area contributed by atoms with Gasteiger partial charge in [0.15, 0.2) is 0 Å². The highest BCUT2D eigenvalue weighted by Crippen LogP contribution is 2.37. The molecule has 1 atom stereocenters. The molecule has 8 nitrogen and oxygen atoms in total. The summed E-state index contributed by atoms with van der Waals surface area (Å²) in [4.78, 5) is 41.8. The van der Waals surface area contributed by atoms with Gasteiger partial charge in [-0.05, 0) is 51.2 Å². The van der Waals surface area contributed by atoms with Gasteiger partial charge in [-0.3, -0.25) is 9.59 Å². The van der Waals surface area contributed by atoms with E-state index in [1.165, 1.54) is 4.90 Å². The quantitative estimate of drug-likeness (QED) is 0.484. The van der Waals surface area contributed by atoms with Crippen LogP contribution >= 0.6 is 0 Å². The first-order chi connectivity index (χ1) is 17.3. The maximum Gasteiger partial charge on any atom is 0.336 e. The second-order valence-electron chi connectivity index (χ2n) is 8.95. The molecule has 0 bridgehead atoms. The molecule has 0 aliphatic carbocycles. The lowest BCUT2D eigenvalue weighted by molar-refractivity contribution is -0.141. The fourth-order valence-corrected chi connectivity index (χ4v) is 4.12. The number of nitrogens with one attached hydrogen (secondary N) is 1. The lowest BCUT2D eigenvalue weighted by Gasteiger charge is -2.34. The summed E-state index contributed by atoms with van der Waals surface area (Å²) in [6, 6.07) is 17.3. The van der Waals surface area contributed by atoms with Crippen LogP contribution in [0.4, 0.5) is 0 Å². The first-order valence-electron chi connectivity index (χ1n) is 12.2. The van der Waals surface area contributed by atoms with E-state index in [4.69, 9.17) is 9.47 Å². The van der Waals surface area contributed by atoms with E-state index in [1.54, 1.807) is 13.8 Å². The number of likely N-dealkylation sites (N-methyl/N-ethyl adjacent to an activating group) is 1. The molecule has 1 heterocycles. The van der Waals surface area contributed by atoms with Gasteiger partial charge in [-0.25, -0.2) is 4.79 Å². The van der Waals surface area contributed by atoms with Gasteiger partial charge in [-0.2, -0.15) is 0 Å². The molecule has 2 amide bonds. The minimum absolute atomic E-state index is 0.0701. The molecule has 0 saturated carbocycles. The van der Waals surface area contributed by atoms with Crippen LogP contribution in [-0.2, 0) is 25.7 Å². The van der Waals surface area contributed by atoms with Crippen molar-refractivity contribution in [1.29, 1.82) is 0 Å². The minimum Gasteiger partial charge on any atom is -0.489 e. The molecule has 0 fully saturated rings. The van der Waals surface area contributed by atoms with Crippen LogP contribution in [0.5, 0.6) is 5.75 Å². The number of rotatable bonds is 11. The first kappa shape index (κ1) is 26.9. The molecule has 2 aromatic rings. The number of carbonyl (C=O) groups is 3. The van der Waals surface area contributed by atoms with E-state index in [0.29, 0.717) is 36.7 Å². The summed E-state index contributed by atoms with van der Waals surface area (Å²) in [5.74, 6) is -0.731. The van der Waals surface area contributed by atoms with Gasteiger partial charge in [0.25, 0.3) is 0 Å². The summed E-state index contributed by atoms with van der Waals surface area (Å²) in [6.45, 7) is 5.12. The number of ether oxygens (including phenoxy) is 2. The summed E-state index contributed by atoms with van der Waals surface area (Å²) in [7, 11) is 3.84. The van der Waals surface area contributed by atoms with Crippen LogP contribution in [-0.4, -0.2) is 67.9 Å². The third kappa shape index (κ3) is 7.18. The van der Waals surface area contributed by atoms with E-state index < -0.39 is 11.9 Å². The lowest BCUT2D eigenvalue weighted by atomic mass is 9.83. The van der Waals surface area contributed by atoms with Crippen molar-refractivity contribution in [2.75, 3.05) is 40.3 Å². The summed E-state index contributed by atoms with van der Waals surface area (Å²) in [6.07, 6.45) is 0.0701. The Bertz CT molecular complexity index is 1080. The molecule has 0 radical (unpaired) electrons. The van der Waals surface area contributed by atoms with Crippen molar-refractivity contribution in [3.8, 4) is 5.75 Å². The third-order valence-corrected chi connectivity index (χ3v) is 6.03. The summed E-state index contributed by atoms with van der Waals surface area (Å²) < 4.78 is 11.2. The molecule has 8 heteroatoms. The fraction of sp³-hybridized carbons (Fsp3) is 0.393. The number of allylic oxidation sites excluding steroid dienone is 1. The Morgan fingerprint density at radius 3 is 2.42 bits per heavy atom. The Kier molecular flexibility index (Phi) is 9.64. The van der Waals surface area contributed by atoms with Crippen LogP contribution in [0.1, 0.15) is 37.3 Å². The van der Waals surface area contributed by atoms with E-state index in [9.17, 15) is 14.4 Å². The van der Waals surface area contributed by atoms with Crippen LogP contribution in [0.25, 0.3) is 0 Å². The molecule has 0 aromatic heterocycles. The Balaban J connectivity index is 1.78. The standard InChI is InChI=1S/C28H35N3O5/c1-5-35-28(34)27-20(2)31(18-25(32)29-15-16-30(3)4)26(33)17-24(27)22-11-13-23(14-12-22)36-19-21-9-7-6-8-10-21/h6-14,24H,5,15-19H2,1-4H3,(H,29,32).